The predicted octanol–water partition coefficient (Wildman–Crippen LogP) is 3.85. The van der Waals surface area contributed by atoms with Crippen molar-refractivity contribution < 1.29 is 19.4 Å². The van der Waals surface area contributed by atoms with Crippen molar-refractivity contribution >= 4 is 16.9 Å². The van der Waals surface area contributed by atoms with Gasteiger partial charge in [-0.1, -0.05) is 27.7 Å². The molecular formula is C26H33N3O5. The van der Waals surface area contributed by atoms with E-state index in [9.17, 15) is 14.7 Å². The van der Waals surface area contributed by atoms with Crippen LogP contribution in [0.4, 0.5) is 0 Å². The molecular weight excluding hydrogens is 434 g/mol. The Labute approximate surface area is 199 Å². The van der Waals surface area contributed by atoms with Gasteiger partial charge in [-0.2, -0.15) is 0 Å². The molecule has 3 aromatic rings. The summed E-state index contributed by atoms with van der Waals surface area (Å²) in [4.78, 5) is 32.1. The van der Waals surface area contributed by atoms with Gasteiger partial charge in [-0.3, -0.25) is 14.3 Å². The summed E-state index contributed by atoms with van der Waals surface area (Å²) in [6, 6.07) is 7.20. The Balaban J connectivity index is 0.000000771. The van der Waals surface area contributed by atoms with Gasteiger partial charge >= 0.3 is 5.97 Å². The zero-order valence-electron chi connectivity index (χ0n) is 20.9. The van der Waals surface area contributed by atoms with Gasteiger partial charge in [0.15, 0.2) is 6.10 Å². The first-order valence-electron chi connectivity index (χ1n) is 11.7. The Bertz CT molecular complexity index is 1280. The highest BCUT2D eigenvalue weighted by molar-refractivity contribution is 5.87. The topological polar surface area (TPSA) is 93.9 Å². The number of hydrogen-bond donors (Lipinski definition) is 1. The lowest BCUT2D eigenvalue weighted by atomic mass is 10.0. The van der Waals surface area contributed by atoms with E-state index in [1.807, 2.05) is 58.8 Å². The fraction of sp³-hybridized carbons (Fsp3) is 0.423. The smallest absolute Gasteiger partial charge is 0.340 e. The molecule has 0 bridgehead atoms. The number of fused-ring (bicyclic) bond motifs is 5. The lowest BCUT2D eigenvalue weighted by molar-refractivity contribution is -0.159. The molecule has 4 heterocycles. The van der Waals surface area contributed by atoms with Crippen molar-refractivity contribution in [3.8, 4) is 11.4 Å². The van der Waals surface area contributed by atoms with Crippen LogP contribution in [0.3, 0.4) is 0 Å². The van der Waals surface area contributed by atoms with Crippen LogP contribution >= 0.6 is 0 Å². The molecule has 2 aromatic heterocycles. The summed E-state index contributed by atoms with van der Waals surface area (Å²) in [5.74, 6) is -0.290. The normalized spacial score (nSPS) is 15.4. The number of esters is 1. The Kier molecular flexibility index (Phi) is 7.74. The number of phenols is 1. The quantitative estimate of drug-likeness (QED) is 0.457. The molecule has 1 atom stereocenters. The standard InChI is InChI=1S/C22H21N3O5.2C2H6/c1-24(2)9-14-12-8-18-17(23-16(12)4-5-19(14)26)7-11-6-13-15(21(27)25(11)18)10-30-22(28)20(13)29-3;2*1-2/h4-6,8,20,26H,7,9-10H2,1-3H3;2*1-2H3/t20-;;/m0../s1. The van der Waals surface area contributed by atoms with Gasteiger partial charge in [0.2, 0.25) is 0 Å². The molecule has 0 unspecified atom stereocenters. The van der Waals surface area contributed by atoms with Gasteiger partial charge in [-0.15, -0.1) is 0 Å². The van der Waals surface area contributed by atoms with Gasteiger partial charge < -0.3 is 19.5 Å². The molecule has 2 aliphatic rings. The van der Waals surface area contributed by atoms with E-state index in [1.165, 1.54) is 7.11 Å². The number of aromatic nitrogens is 2. The summed E-state index contributed by atoms with van der Waals surface area (Å²) < 4.78 is 12.1. The second-order valence-electron chi connectivity index (χ2n) is 7.93. The predicted molar refractivity (Wildman–Crippen MR) is 131 cm³/mol. The number of pyridine rings is 2. The fourth-order valence-electron chi connectivity index (χ4n) is 4.36. The second kappa shape index (κ2) is 10.4. The van der Waals surface area contributed by atoms with E-state index in [2.05, 4.69) is 0 Å². The van der Waals surface area contributed by atoms with Crippen molar-refractivity contribution in [1.82, 2.24) is 14.5 Å². The molecule has 8 heteroatoms. The molecule has 0 radical (unpaired) electrons. The average Bonchev–Trinajstić information content (AvgIpc) is 3.19. The van der Waals surface area contributed by atoms with Crippen LogP contribution < -0.4 is 5.56 Å². The largest absolute Gasteiger partial charge is 0.508 e. The summed E-state index contributed by atoms with van der Waals surface area (Å²) in [6.45, 7) is 8.47. The second-order valence-corrected chi connectivity index (χ2v) is 7.93. The minimum absolute atomic E-state index is 0.0733. The molecule has 0 fully saturated rings. The Hall–Kier alpha value is -3.23. The molecule has 2 aliphatic heterocycles. The summed E-state index contributed by atoms with van der Waals surface area (Å²) in [5, 5.41) is 11.2. The molecule has 0 amide bonds. The summed E-state index contributed by atoms with van der Waals surface area (Å²) in [5.41, 5.74) is 4.52. The highest BCUT2D eigenvalue weighted by Gasteiger charge is 2.35. The number of carbonyl (C=O) groups is 1. The molecule has 182 valence electrons. The molecule has 8 nitrogen and oxygen atoms in total. The maximum absolute atomic E-state index is 13.3. The van der Waals surface area contributed by atoms with Crippen molar-refractivity contribution in [1.29, 1.82) is 0 Å². The van der Waals surface area contributed by atoms with Gasteiger partial charge in [0, 0.05) is 42.3 Å². The van der Waals surface area contributed by atoms with E-state index in [-0.39, 0.29) is 17.9 Å². The molecule has 1 aromatic carbocycles. The van der Waals surface area contributed by atoms with E-state index in [4.69, 9.17) is 14.5 Å². The van der Waals surface area contributed by atoms with Gasteiger partial charge in [0.05, 0.1) is 22.5 Å². The third-order valence-electron chi connectivity index (χ3n) is 5.72. The minimum Gasteiger partial charge on any atom is -0.508 e. The molecule has 0 saturated carbocycles. The monoisotopic (exact) mass is 467 g/mol. The molecule has 34 heavy (non-hydrogen) atoms. The van der Waals surface area contributed by atoms with Crippen LogP contribution in [-0.2, 0) is 33.8 Å². The number of aromatic hydroxyl groups is 1. The Morgan fingerprint density at radius 2 is 1.88 bits per heavy atom. The van der Waals surface area contributed by atoms with Crippen LogP contribution in [0, 0.1) is 0 Å². The Morgan fingerprint density at radius 1 is 1.18 bits per heavy atom. The number of carbonyl (C=O) groups excluding carboxylic acids is 1. The highest BCUT2D eigenvalue weighted by atomic mass is 16.6. The third kappa shape index (κ3) is 4.19. The van der Waals surface area contributed by atoms with Gasteiger partial charge in [-0.05, 0) is 38.4 Å². The van der Waals surface area contributed by atoms with Gasteiger partial charge in [0.25, 0.3) is 5.56 Å². The van der Waals surface area contributed by atoms with Crippen molar-refractivity contribution in [3.05, 3.63) is 62.7 Å². The fourth-order valence-corrected chi connectivity index (χ4v) is 4.36. The zero-order chi connectivity index (χ0) is 25.2. The number of methoxy groups -OCH3 is 1. The van der Waals surface area contributed by atoms with Gasteiger partial charge in [0.1, 0.15) is 12.4 Å². The highest BCUT2D eigenvalue weighted by Crippen LogP contribution is 2.35. The number of nitrogens with zero attached hydrogens (tertiary/aromatic N) is 3. The molecule has 0 aliphatic carbocycles. The van der Waals surface area contributed by atoms with Crippen LogP contribution in [0.1, 0.15) is 61.9 Å². The first-order valence-corrected chi connectivity index (χ1v) is 11.7. The summed E-state index contributed by atoms with van der Waals surface area (Å²) in [7, 11) is 5.28. The molecule has 5 rings (SSSR count). The number of benzene rings is 1. The molecule has 0 saturated heterocycles. The lowest BCUT2D eigenvalue weighted by Crippen LogP contribution is -2.33. The summed E-state index contributed by atoms with van der Waals surface area (Å²) >= 11 is 0. The number of rotatable bonds is 3. The average molecular weight is 468 g/mol. The number of ether oxygens (including phenoxy) is 2. The number of hydrogen-bond acceptors (Lipinski definition) is 7. The maximum atomic E-state index is 13.3. The zero-order valence-corrected chi connectivity index (χ0v) is 20.9. The van der Waals surface area contributed by atoms with E-state index in [0.717, 1.165) is 27.9 Å². The van der Waals surface area contributed by atoms with Crippen molar-refractivity contribution in [3.63, 3.8) is 0 Å². The number of cyclic esters (lactones) is 1. The van der Waals surface area contributed by atoms with E-state index in [1.54, 1.807) is 16.7 Å². The van der Waals surface area contributed by atoms with Crippen LogP contribution in [0.5, 0.6) is 5.75 Å². The maximum Gasteiger partial charge on any atom is 0.340 e. The van der Waals surface area contributed by atoms with E-state index < -0.39 is 12.1 Å². The van der Waals surface area contributed by atoms with E-state index >= 15 is 0 Å². The summed E-state index contributed by atoms with van der Waals surface area (Å²) in [6.07, 6.45) is -0.421. The van der Waals surface area contributed by atoms with Crippen LogP contribution in [0.25, 0.3) is 16.6 Å². The van der Waals surface area contributed by atoms with Crippen LogP contribution in [0.2, 0.25) is 0 Å². The van der Waals surface area contributed by atoms with Crippen LogP contribution in [-0.4, -0.2) is 46.7 Å². The first-order chi connectivity index (χ1) is 16.4. The van der Waals surface area contributed by atoms with E-state index in [0.29, 0.717) is 29.8 Å². The lowest BCUT2D eigenvalue weighted by Gasteiger charge is -2.24. The van der Waals surface area contributed by atoms with Crippen molar-refractivity contribution in [2.45, 2.75) is 53.4 Å². The molecule has 1 N–H and O–H groups in total. The SMILES string of the molecule is CC.CC.CO[C@@H]1C(=O)OCc2c1cc1n(c2=O)-c2cc3c(CN(C)C)c(O)ccc3nc2C1. The Morgan fingerprint density at radius 3 is 2.53 bits per heavy atom. The minimum atomic E-state index is -0.897. The number of phenolic OH excluding ortho intramolecular Hbond substituents is 1. The van der Waals surface area contributed by atoms with Crippen molar-refractivity contribution in [2.75, 3.05) is 21.2 Å². The van der Waals surface area contributed by atoms with Gasteiger partial charge in [-0.25, -0.2) is 4.79 Å². The van der Waals surface area contributed by atoms with Crippen molar-refractivity contribution in [2.24, 2.45) is 0 Å². The third-order valence-corrected chi connectivity index (χ3v) is 5.72. The van der Waals surface area contributed by atoms with Crippen LogP contribution in [0.15, 0.2) is 29.1 Å². The molecule has 0 spiro atoms. The first kappa shape index (κ1) is 25.4.